The molecule has 2 atom stereocenters. The topological polar surface area (TPSA) is 38.3 Å². The molecule has 0 spiro atoms. The van der Waals surface area contributed by atoms with Crippen molar-refractivity contribution in [3.05, 3.63) is 42.5 Å². The average Bonchev–Trinajstić information content (AvgIpc) is 2.65. The molecule has 0 bridgehead atoms. The molecule has 0 aliphatic heterocycles. The smallest absolute Gasteiger partial charge is 0.261 e. The molecular weight excluding hydrogens is 310 g/mol. The Hall–Kier alpha value is -2.03. The van der Waals surface area contributed by atoms with Crippen molar-refractivity contribution < 1.29 is 9.53 Å². The predicted molar refractivity (Wildman–Crippen MR) is 105 cm³/mol. The molecule has 0 fully saturated rings. The van der Waals surface area contributed by atoms with Crippen LogP contribution < -0.4 is 10.1 Å². The number of unbranched alkanes of at least 4 members (excludes halogenated alkanes) is 1. The molecule has 0 heterocycles. The van der Waals surface area contributed by atoms with Crippen molar-refractivity contribution in [3.63, 3.8) is 0 Å². The number of hydrogen-bond donors (Lipinski definition) is 1. The summed E-state index contributed by atoms with van der Waals surface area (Å²) >= 11 is 0. The minimum Gasteiger partial charge on any atom is -0.481 e. The van der Waals surface area contributed by atoms with E-state index < -0.39 is 6.10 Å². The third-order valence-corrected chi connectivity index (χ3v) is 4.77. The van der Waals surface area contributed by atoms with Gasteiger partial charge in [0.05, 0.1) is 0 Å². The van der Waals surface area contributed by atoms with Gasteiger partial charge in [0.1, 0.15) is 5.75 Å². The van der Waals surface area contributed by atoms with Gasteiger partial charge in [-0.05, 0) is 41.7 Å². The van der Waals surface area contributed by atoms with E-state index in [0.717, 1.165) is 24.1 Å². The lowest BCUT2D eigenvalue weighted by Gasteiger charge is -2.20. The van der Waals surface area contributed by atoms with Crippen LogP contribution in [0.15, 0.2) is 42.5 Å². The number of rotatable bonds is 10. The van der Waals surface area contributed by atoms with Crippen LogP contribution in [-0.4, -0.2) is 18.6 Å². The lowest BCUT2D eigenvalue weighted by molar-refractivity contribution is -0.128. The van der Waals surface area contributed by atoms with Crippen molar-refractivity contribution in [1.82, 2.24) is 5.32 Å². The van der Waals surface area contributed by atoms with Crippen LogP contribution in [0.2, 0.25) is 0 Å². The Labute approximate surface area is 151 Å². The zero-order valence-corrected chi connectivity index (χ0v) is 15.8. The first-order chi connectivity index (χ1) is 12.2. The van der Waals surface area contributed by atoms with E-state index in [9.17, 15) is 4.79 Å². The largest absolute Gasteiger partial charge is 0.481 e. The summed E-state index contributed by atoms with van der Waals surface area (Å²) in [7, 11) is 0. The summed E-state index contributed by atoms with van der Waals surface area (Å²) in [6.45, 7) is 7.12. The lowest BCUT2D eigenvalue weighted by Crippen LogP contribution is -2.40. The highest BCUT2D eigenvalue weighted by Gasteiger charge is 2.19. The summed E-state index contributed by atoms with van der Waals surface area (Å²) < 4.78 is 5.97. The monoisotopic (exact) mass is 341 g/mol. The van der Waals surface area contributed by atoms with Gasteiger partial charge in [0.2, 0.25) is 0 Å². The predicted octanol–water partition coefficient (Wildman–Crippen LogP) is 5.33. The van der Waals surface area contributed by atoms with Crippen molar-refractivity contribution in [2.75, 3.05) is 6.54 Å². The number of benzene rings is 2. The van der Waals surface area contributed by atoms with Gasteiger partial charge in [-0.25, -0.2) is 0 Å². The molecule has 3 heteroatoms. The second-order valence-corrected chi connectivity index (χ2v) is 6.69. The molecule has 0 radical (unpaired) electrons. The minimum atomic E-state index is -0.440. The molecule has 25 heavy (non-hydrogen) atoms. The molecule has 2 aromatic rings. The van der Waals surface area contributed by atoms with E-state index in [-0.39, 0.29) is 5.91 Å². The first-order valence-corrected chi connectivity index (χ1v) is 9.61. The Morgan fingerprint density at radius 3 is 2.48 bits per heavy atom. The third kappa shape index (κ3) is 5.77. The van der Waals surface area contributed by atoms with Crippen LogP contribution in [0.25, 0.3) is 10.8 Å². The van der Waals surface area contributed by atoms with Gasteiger partial charge in [-0.3, -0.25) is 4.79 Å². The van der Waals surface area contributed by atoms with Crippen LogP contribution in [0, 0.1) is 5.92 Å². The van der Waals surface area contributed by atoms with Gasteiger partial charge >= 0.3 is 0 Å². The molecule has 2 aromatic carbocycles. The van der Waals surface area contributed by atoms with Gasteiger partial charge in [0, 0.05) is 6.54 Å². The lowest BCUT2D eigenvalue weighted by atomic mass is 9.99. The highest BCUT2D eigenvalue weighted by molar-refractivity contribution is 5.84. The molecule has 2 rings (SSSR count). The highest BCUT2D eigenvalue weighted by atomic mass is 16.5. The highest BCUT2D eigenvalue weighted by Crippen LogP contribution is 2.22. The molecule has 0 aromatic heterocycles. The fraction of sp³-hybridized carbons (Fsp3) is 0.500. The number of amides is 1. The third-order valence-electron chi connectivity index (χ3n) is 4.77. The maximum absolute atomic E-state index is 12.5. The number of ether oxygens (including phenoxy) is 1. The van der Waals surface area contributed by atoms with Crippen LogP contribution in [-0.2, 0) is 4.79 Å². The maximum atomic E-state index is 12.5. The van der Waals surface area contributed by atoms with E-state index in [1.165, 1.54) is 24.6 Å². The van der Waals surface area contributed by atoms with Gasteiger partial charge in [0.15, 0.2) is 6.10 Å². The molecule has 0 saturated heterocycles. The Kier molecular flexibility index (Phi) is 7.77. The summed E-state index contributed by atoms with van der Waals surface area (Å²) in [5, 5.41) is 5.39. The van der Waals surface area contributed by atoms with Crippen molar-refractivity contribution >= 4 is 16.7 Å². The van der Waals surface area contributed by atoms with Crippen molar-refractivity contribution in [3.8, 4) is 5.75 Å². The van der Waals surface area contributed by atoms with Gasteiger partial charge in [-0.2, -0.15) is 0 Å². The second kappa shape index (κ2) is 10.1. The van der Waals surface area contributed by atoms with Gasteiger partial charge in [0.25, 0.3) is 5.91 Å². The minimum absolute atomic E-state index is 0.00870. The maximum Gasteiger partial charge on any atom is 0.261 e. The SMILES string of the molecule is CCCC[C@H](CC)CNC(=O)[C@@H](CC)Oc1ccc2ccccc2c1. The number of carbonyl (C=O) groups is 1. The molecule has 0 saturated carbocycles. The van der Waals surface area contributed by atoms with Crippen LogP contribution in [0.3, 0.4) is 0 Å². The van der Waals surface area contributed by atoms with Gasteiger partial charge < -0.3 is 10.1 Å². The Morgan fingerprint density at radius 1 is 1.04 bits per heavy atom. The molecule has 1 amide bonds. The Morgan fingerprint density at radius 2 is 1.80 bits per heavy atom. The summed E-state index contributed by atoms with van der Waals surface area (Å²) in [6.07, 6.45) is 4.92. The second-order valence-electron chi connectivity index (χ2n) is 6.69. The Balaban J connectivity index is 1.94. The molecule has 3 nitrogen and oxygen atoms in total. The van der Waals surface area contributed by atoms with E-state index in [2.05, 4.69) is 31.3 Å². The van der Waals surface area contributed by atoms with Crippen molar-refractivity contribution in [2.24, 2.45) is 5.92 Å². The first kappa shape index (κ1) is 19.3. The van der Waals surface area contributed by atoms with Crippen LogP contribution in [0.1, 0.15) is 52.9 Å². The van der Waals surface area contributed by atoms with E-state index in [0.29, 0.717) is 12.3 Å². The van der Waals surface area contributed by atoms with Crippen molar-refractivity contribution in [1.29, 1.82) is 0 Å². The summed E-state index contributed by atoms with van der Waals surface area (Å²) in [4.78, 5) is 12.5. The standard InChI is InChI=1S/C22H31NO2/c1-4-7-10-17(5-2)16-23-22(24)21(6-3)25-20-14-13-18-11-8-9-12-19(18)15-20/h8-9,11-15,17,21H,4-7,10,16H2,1-3H3,(H,23,24)/t17-,21+/m0/s1. The molecule has 0 aliphatic rings. The molecule has 0 unspecified atom stereocenters. The van der Waals surface area contributed by atoms with E-state index in [1.54, 1.807) is 0 Å². The van der Waals surface area contributed by atoms with Crippen LogP contribution in [0.4, 0.5) is 0 Å². The van der Waals surface area contributed by atoms with Crippen LogP contribution in [0.5, 0.6) is 5.75 Å². The van der Waals surface area contributed by atoms with E-state index in [1.807, 2.05) is 37.3 Å². The van der Waals surface area contributed by atoms with Gasteiger partial charge in [-0.1, -0.05) is 70.4 Å². The summed E-state index contributed by atoms with van der Waals surface area (Å²) in [6, 6.07) is 14.1. The molecule has 1 N–H and O–H groups in total. The van der Waals surface area contributed by atoms with Crippen LogP contribution >= 0.6 is 0 Å². The quantitative estimate of drug-likeness (QED) is 0.634. The number of carbonyl (C=O) groups excluding carboxylic acids is 1. The zero-order valence-electron chi connectivity index (χ0n) is 15.8. The average molecular weight is 341 g/mol. The van der Waals surface area contributed by atoms with Crippen molar-refractivity contribution in [2.45, 2.75) is 59.0 Å². The normalized spacial score (nSPS) is 13.4. The number of fused-ring (bicyclic) bond motifs is 1. The number of hydrogen-bond acceptors (Lipinski definition) is 2. The molecule has 136 valence electrons. The molecule has 0 aliphatic carbocycles. The summed E-state index contributed by atoms with van der Waals surface area (Å²) in [5.74, 6) is 1.30. The zero-order chi connectivity index (χ0) is 18.1. The fourth-order valence-corrected chi connectivity index (χ4v) is 3.03. The summed E-state index contributed by atoms with van der Waals surface area (Å²) in [5.41, 5.74) is 0. The fourth-order valence-electron chi connectivity index (χ4n) is 3.03. The number of nitrogens with one attached hydrogen (secondary N) is 1. The Bertz CT molecular complexity index is 668. The van der Waals surface area contributed by atoms with E-state index >= 15 is 0 Å². The first-order valence-electron chi connectivity index (χ1n) is 9.61. The van der Waals surface area contributed by atoms with E-state index in [4.69, 9.17) is 4.74 Å². The molecular formula is C22H31NO2. The van der Waals surface area contributed by atoms with Gasteiger partial charge in [-0.15, -0.1) is 0 Å².